The van der Waals surface area contributed by atoms with Gasteiger partial charge in [0, 0.05) is 18.7 Å². The number of rotatable bonds is 6. The molecule has 3 N–H and O–H groups in total. The van der Waals surface area contributed by atoms with Crippen molar-refractivity contribution in [3.63, 3.8) is 0 Å². The Morgan fingerprint density at radius 2 is 2.20 bits per heavy atom. The number of hydrogen-bond acceptors (Lipinski definition) is 3. The summed E-state index contributed by atoms with van der Waals surface area (Å²) < 4.78 is 5.47. The van der Waals surface area contributed by atoms with Crippen LogP contribution in [-0.4, -0.2) is 30.7 Å². The molecule has 1 heterocycles. The van der Waals surface area contributed by atoms with Gasteiger partial charge in [0.1, 0.15) is 17.1 Å². The fraction of sp³-hybridized carbons (Fsp3) is 0.533. The van der Waals surface area contributed by atoms with Gasteiger partial charge in [-0.2, -0.15) is 0 Å². The van der Waals surface area contributed by atoms with Gasteiger partial charge in [-0.15, -0.1) is 6.58 Å². The lowest BCUT2D eigenvalue weighted by Crippen LogP contribution is -2.38. The summed E-state index contributed by atoms with van der Waals surface area (Å²) in [5.41, 5.74) is -0.281. The Kier molecular flexibility index (Phi) is 5.82. The van der Waals surface area contributed by atoms with Crippen molar-refractivity contribution in [1.82, 2.24) is 10.6 Å². The van der Waals surface area contributed by atoms with Gasteiger partial charge in [-0.05, 0) is 33.8 Å². The number of aliphatic imine (C=N–C) groups is 1. The van der Waals surface area contributed by atoms with Crippen LogP contribution in [0.25, 0.3) is 0 Å². The lowest BCUT2D eigenvalue weighted by molar-refractivity contribution is 0.0657. The van der Waals surface area contributed by atoms with E-state index in [4.69, 9.17) is 4.42 Å². The smallest absolute Gasteiger partial charge is 0.191 e. The molecule has 0 aliphatic heterocycles. The molecule has 0 spiro atoms. The summed E-state index contributed by atoms with van der Waals surface area (Å²) >= 11 is 0. The highest BCUT2D eigenvalue weighted by molar-refractivity contribution is 5.79. The summed E-state index contributed by atoms with van der Waals surface area (Å²) in [7, 11) is 0. The van der Waals surface area contributed by atoms with Gasteiger partial charge in [0.15, 0.2) is 5.96 Å². The number of nitrogens with zero attached hydrogens (tertiary/aromatic N) is 1. The molecule has 0 fully saturated rings. The van der Waals surface area contributed by atoms with E-state index >= 15 is 0 Å². The van der Waals surface area contributed by atoms with Gasteiger partial charge in [-0.3, -0.25) is 0 Å². The van der Waals surface area contributed by atoms with Gasteiger partial charge in [0.2, 0.25) is 0 Å². The van der Waals surface area contributed by atoms with Crippen molar-refractivity contribution in [1.29, 1.82) is 0 Å². The van der Waals surface area contributed by atoms with E-state index in [0.29, 0.717) is 12.5 Å². The van der Waals surface area contributed by atoms with E-state index in [1.165, 1.54) is 0 Å². The average Bonchev–Trinajstić information content (AvgIpc) is 2.73. The minimum absolute atomic E-state index is 0.249. The molecule has 112 valence electrons. The van der Waals surface area contributed by atoms with Crippen LogP contribution in [0.3, 0.4) is 0 Å². The number of hydrogen-bond donors (Lipinski definition) is 3. The molecule has 0 amide bonds. The van der Waals surface area contributed by atoms with E-state index in [1.807, 2.05) is 26.8 Å². The molecule has 0 saturated heterocycles. The molecular weight excluding hydrogens is 254 g/mol. The van der Waals surface area contributed by atoms with Gasteiger partial charge in [-0.1, -0.05) is 6.08 Å². The summed E-state index contributed by atoms with van der Waals surface area (Å²) in [5, 5.41) is 16.8. The van der Waals surface area contributed by atoms with E-state index in [9.17, 15) is 5.11 Å². The number of aryl methyl sites for hydroxylation is 2. The topological polar surface area (TPSA) is 69.8 Å². The highest BCUT2D eigenvalue weighted by atomic mass is 16.3. The van der Waals surface area contributed by atoms with Crippen molar-refractivity contribution in [3.05, 3.63) is 35.8 Å². The van der Waals surface area contributed by atoms with E-state index in [0.717, 1.165) is 23.6 Å². The maximum atomic E-state index is 10.6. The minimum atomic E-state index is -1.06. The normalized spacial score (nSPS) is 14.8. The zero-order valence-electron chi connectivity index (χ0n) is 12.8. The first-order valence-corrected chi connectivity index (χ1v) is 6.83. The summed E-state index contributed by atoms with van der Waals surface area (Å²) in [4.78, 5) is 4.40. The van der Waals surface area contributed by atoms with Crippen LogP contribution in [-0.2, 0) is 5.60 Å². The van der Waals surface area contributed by atoms with Crippen LogP contribution < -0.4 is 10.6 Å². The Morgan fingerprint density at radius 3 is 2.70 bits per heavy atom. The van der Waals surface area contributed by atoms with E-state index in [1.54, 1.807) is 13.0 Å². The lowest BCUT2D eigenvalue weighted by Gasteiger charge is -2.21. The summed E-state index contributed by atoms with van der Waals surface area (Å²) in [6, 6.07) is 1.86. The van der Waals surface area contributed by atoms with E-state index in [-0.39, 0.29) is 6.54 Å². The maximum Gasteiger partial charge on any atom is 0.191 e. The largest absolute Gasteiger partial charge is 0.466 e. The van der Waals surface area contributed by atoms with Crippen LogP contribution in [0.2, 0.25) is 0 Å². The van der Waals surface area contributed by atoms with Gasteiger partial charge >= 0.3 is 0 Å². The molecule has 5 heteroatoms. The fourth-order valence-electron chi connectivity index (χ4n) is 1.99. The van der Waals surface area contributed by atoms with Crippen molar-refractivity contribution in [2.75, 3.05) is 19.6 Å². The minimum Gasteiger partial charge on any atom is -0.466 e. The Morgan fingerprint density at radius 1 is 1.50 bits per heavy atom. The Balaban J connectivity index is 2.82. The standard InChI is InChI=1S/C15H25N3O2/c1-6-8-17-14(16-7-2)18-10-15(5,19)13-9-11(3)20-12(13)4/h6,9,19H,1,7-8,10H2,2-5H3,(H2,16,17,18). The highest BCUT2D eigenvalue weighted by Gasteiger charge is 2.27. The highest BCUT2D eigenvalue weighted by Crippen LogP contribution is 2.27. The monoisotopic (exact) mass is 279 g/mol. The first-order valence-electron chi connectivity index (χ1n) is 6.83. The quantitative estimate of drug-likeness (QED) is 0.422. The third kappa shape index (κ3) is 4.42. The number of nitrogens with one attached hydrogen (secondary N) is 2. The molecule has 0 bridgehead atoms. The van der Waals surface area contributed by atoms with Gasteiger partial charge < -0.3 is 20.2 Å². The number of guanidine groups is 1. The lowest BCUT2D eigenvalue weighted by atomic mass is 9.96. The first kappa shape index (κ1) is 16.3. The zero-order chi connectivity index (χ0) is 15.2. The molecule has 1 unspecified atom stereocenters. The van der Waals surface area contributed by atoms with Crippen LogP contribution in [0.15, 0.2) is 28.1 Å². The summed E-state index contributed by atoms with van der Waals surface area (Å²) in [6.45, 7) is 12.7. The average molecular weight is 279 g/mol. The van der Waals surface area contributed by atoms with E-state index in [2.05, 4.69) is 22.2 Å². The molecule has 5 nitrogen and oxygen atoms in total. The third-order valence-corrected chi connectivity index (χ3v) is 2.92. The van der Waals surface area contributed by atoms with Crippen LogP contribution in [0.1, 0.15) is 30.9 Å². The Hall–Kier alpha value is -1.75. The molecule has 0 radical (unpaired) electrons. The van der Waals surface area contributed by atoms with Crippen molar-refractivity contribution in [3.8, 4) is 0 Å². The molecule has 20 heavy (non-hydrogen) atoms. The van der Waals surface area contributed by atoms with Crippen molar-refractivity contribution < 1.29 is 9.52 Å². The van der Waals surface area contributed by atoms with Crippen molar-refractivity contribution in [2.24, 2.45) is 4.99 Å². The predicted octanol–water partition coefficient (Wildman–Crippen LogP) is 1.85. The third-order valence-electron chi connectivity index (χ3n) is 2.92. The van der Waals surface area contributed by atoms with Gasteiger partial charge in [0.25, 0.3) is 0 Å². The van der Waals surface area contributed by atoms with Crippen LogP contribution >= 0.6 is 0 Å². The molecule has 0 aliphatic rings. The number of aliphatic hydroxyl groups is 1. The Bertz CT molecular complexity index is 475. The summed E-state index contributed by atoms with van der Waals surface area (Å²) in [6.07, 6.45) is 1.76. The molecule has 1 aromatic rings. The maximum absolute atomic E-state index is 10.6. The van der Waals surface area contributed by atoms with Crippen molar-refractivity contribution in [2.45, 2.75) is 33.3 Å². The van der Waals surface area contributed by atoms with Crippen LogP contribution in [0.5, 0.6) is 0 Å². The second-order valence-corrected chi connectivity index (χ2v) is 4.97. The zero-order valence-corrected chi connectivity index (χ0v) is 12.8. The van der Waals surface area contributed by atoms with Crippen molar-refractivity contribution >= 4 is 5.96 Å². The Labute approximate surface area is 120 Å². The van der Waals surface area contributed by atoms with Gasteiger partial charge in [0.05, 0.1) is 6.54 Å². The first-order chi connectivity index (χ1) is 9.40. The molecule has 0 saturated carbocycles. The van der Waals surface area contributed by atoms with Crippen LogP contribution in [0, 0.1) is 13.8 Å². The SMILES string of the molecule is C=CCNC(=NCC(C)(O)c1cc(C)oc1C)NCC. The molecule has 0 aliphatic carbocycles. The van der Waals surface area contributed by atoms with Gasteiger partial charge in [-0.25, -0.2) is 4.99 Å². The second kappa shape index (κ2) is 7.14. The summed E-state index contributed by atoms with van der Waals surface area (Å²) in [5.74, 6) is 2.18. The molecule has 1 aromatic heterocycles. The molecule has 0 aromatic carbocycles. The number of furan rings is 1. The van der Waals surface area contributed by atoms with Crippen LogP contribution in [0.4, 0.5) is 0 Å². The molecular formula is C15H25N3O2. The predicted molar refractivity (Wildman–Crippen MR) is 81.9 cm³/mol. The fourth-order valence-corrected chi connectivity index (χ4v) is 1.99. The second-order valence-electron chi connectivity index (χ2n) is 4.97. The molecule has 1 rings (SSSR count). The molecule has 1 atom stereocenters. The van der Waals surface area contributed by atoms with E-state index < -0.39 is 5.60 Å².